The second kappa shape index (κ2) is 6.27. The van der Waals surface area contributed by atoms with Crippen molar-refractivity contribution >= 4 is 16.8 Å². The van der Waals surface area contributed by atoms with Gasteiger partial charge in [0.15, 0.2) is 11.5 Å². The number of para-hydroxylation sites is 1. The molecule has 1 amide bonds. The van der Waals surface area contributed by atoms with E-state index < -0.39 is 5.79 Å². The number of nitrogens with zero attached hydrogens (tertiary/aromatic N) is 2. The fourth-order valence-electron chi connectivity index (χ4n) is 2.55. The first kappa shape index (κ1) is 15.9. The van der Waals surface area contributed by atoms with Crippen LogP contribution in [0, 0.1) is 0 Å². The lowest BCUT2D eigenvalue weighted by Gasteiger charge is -2.35. The maximum absolute atomic E-state index is 12.6. The van der Waals surface area contributed by atoms with E-state index in [0.717, 1.165) is 10.9 Å². The van der Waals surface area contributed by atoms with Crippen molar-refractivity contribution < 1.29 is 19.0 Å². The standard InChI is InChI=1S/C16H21N3O4/c1-16(2)22-8-11(9-23-16)17-15(20)14-12-6-4-5-7-13(12)19(18-14)10-21-3/h4-7,11H,8-10H2,1-3H3,(H,17,20). The van der Waals surface area contributed by atoms with Gasteiger partial charge in [0.25, 0.3) is 5.91 Å². The Morgan fingerprint density at radius 1 is 1.39 bits per heavy atom. The van der Waals surface area contributed by atoms with Gasteiger partial charge >= 0.3 is 0 Å². The van der Waals surface area contributed by atoms with Crippen LogP contribution in [0.25, 0.3) is 10.9 Å². The first-order valence-corrected chi connectivity index (χ1v) is 7.53. The third kappa shape index (κ3) is 3.36. The van der Waals surface area contributed by atoms with E-state index in [-0.39, 0.29) is 18.7 Å². The fraction of sp³-hybridized carbons (Fsp3) is 0.500. The number of amides is 1. The number of carbonyl (C=O) groups is 1. The van der Waals surface area contributed by atoms with Crippen molar-refractivity contribution in [3.8, 4) is 0 Å². The highest BCUT2D eigenvalue weighted by atomic mass is 16.7. The summed E-state index contributed by atoms with van der Waals surface area (Å²) in [4.78, 5) is 12.6. The lowest BCUT2D eigenvalue weighted by molar-refractivity contribution is -0.251. The van der Waals surface area contributed by atoms with E-state index in [1.54, 1.807) is 11.8 Å². The molecule has 0 saturated carbocycles. The second-order valence-corrected chi connectivity index (χ2v) is 5.98. The van der Waals surface area contributed by atoms with E-state index in [2.05, 4.69) is 10.4 Å². The molecule has 23 heavy (non-hydrogen) atoms. The highest BCUT2D eigenvalue weighted by Crippen LogP contribution is 2.20. The molecule has 0 bridgehead atoms. The number of rotatable bonds is 4. The molecular formula is C16H21N3O4. The van der Waals surface area contributed by atoms with Gasteiger partial charge in [-0.1, -0.05) is 18.2 Å². The van der Waals surface area contributed by atoms with Gasteiger partial charge in [0.2, 0.25) is 0 Å². The van der Waals surface area contributed by atoms with Crippen molar-refractivity contribution in [3.05, 3.63) is 30.0 Å². The minimum absolute atomic E-state index is 0.193. The third-order valence-electron chi connectivity index (χ3n) is 3.72. The number of fused-ring (bicyclic) bond motifs is 1. The Balaban J connectivity index is 1.79. The molecule has 1 N–H and O–H groups in total. The summed E-state index contributed by atoms with van der Waals surface area (Å²) in [6.07, 6.45) is 0. The van der Waals surface area contributed by atoms with Gasteiger partial charge in [0.05, 0.1) is 24.8 Å². The summed E-state index contributed by atoms with van der Waals surface area (Å²) in [6, 6.07) is 7.38. The van der Waals surface area contributed by atoms with E-state index >= 15 is 0 Å². The predicted molar refractivity (Wildman–Crippen MR) is 84.0 cm³/mol. The van der Waals surface area contributed by atoms with Crippen molar-refractivity contribution in [1.29, 1.82) is 0 Å². The summed E-state index contributed by atoms with van der Waals surface area (Å²) >= 11 is 0. The molecule has 0 aliphatic carbocycles. The van der Waals surface area contributed by atoms with Crippen molar-refractivity contribution in [1.82, 2.24) is 15.1 Å². The SMILES string of the molecule is COCn1nc(C(=O)NC2COC(C)(C)OC2)c2ccccc21. The smallest absolute Gasteiger partial charge is 0.272 e. The molecular weight excluding hydrogens is 298 g/mol. The molecule has 7 nitrogen and oxygen atoms in total. The van der Waals surface area contributed by atoms with Crippen LogP contribution in [-0.2, 0) is 20.9 Å². The monoisotopic (exact) mass is 319 g/mol. The van der Waals surface area contributed by atoms with Crippen LogP contribution in [0.1, 0.15) is 24.3 Å². The van der Waals surface area contributed by atoms with Crippen LogP contribution in [0.3, 0.4) is 0 Å². The molecule has 7 heteroatoms. The zero-order chi connectivity index (χ0) is 16.4. The first-order chi connectivity index (χ1) is 11.0. The minimum atomic E-state index is -0.603. The highest BCUT2D eigenvalue weighted by Gasteiger charge is 2.30. The molecule has 0 radical (unpaired) electrons. The Morgan fingerprint density at radius 2 is 2.09 bits per heavy atom. The fourth-order valence-corrected chi connectivity index (χ4v) is 2.55. The molecule has 2 aromatic rings. The summed E-state index contributed by atoms with van der Waals surface area (Å²) in [5, 5.41) is 8.08. The molecule has 1 aromatic carbocycles. The molecule has 1 aliphatic rings. The van der Waals surface area contributed by atoms with E-state index in [0.29, 0.717) is 18.9 Å². The third-order valence-corrected chi connectivity index (χ3v) is 3.72. The van der Waals surface area contributed by atoms with Crippen LogP contribution in [0.2, 0.25) is 0 Å². The number of hydrogen-bond donors (Lipinski definition) is 1. The van der Waals surface area contributed by atoms with Gasteiger partial charge in [-0.05, 0) is 19.9 Å². The van der Waals surface area contributed by atoms with Crippen LogP contribution in [0.5, 0.6) is 0 Å². The molecule has 1 saturated heterocycles. The van der Waals surface area contributed by atoms with Gasteiger partial charge in [-0.15, -0.1) is 0 Å². The van der Waals surface area contributed by atoms with Crippen molar-refractivity contribution in [2.75, 3.05) is 20.3 Å². The van der Waals surface area contributed by atoms with E-state index in [1.807, 2.05) is 38.1 Å². The Morgan fingerprint density at radius 3 is 2.78 bits per heavy atom. The van der Waals surface area contributed by atoms with Crippen molar-refractivity contribution in [2.24, 2.45) is 0 Å². The lowest BCUT2D eigenvalue weighted by Crippen LogP contribution is -2.50. The maximum atomic E-state index is 12.6. The van der Waals surface area contributed by atoms with Gasteiger partial charge in [0, 0.05) is 12.5 Å². The molecule has 1 aliphatic heterocycles. The average molecular weight is 319 g/mol. The van der Waals surface area contributed by atoms with Gasteiger partial charge in [-0.2, -0.15) is 5.10 Å². The molecule has 0 spiro atoms. The van der Waals surface area contributed by atoms with Gasteiger partial charge in [-0.25, -0.2) is 4.68 Å². The zero-order valence-electron chi connectivity index (χ0n) is 13.5. The number of methoxy groups -OCH3 is 1. The molecule has 0 atom stereocenters. The Kier molecular flexibility index (Phi) is 4.34. The number of ether oxygens (including phenoxy) is 3. The minimum Gasteiger partial charge on any atom is -0.362 e. The van der Waals surface area contributed by atoms with Gasteiger partial charge < -0.3 is 19.5 Å². The number of aromatic nitrogens is 2. The van der Waals surface area contributed by atoms with Gasteiger partial charge in [-0.3, -0.25) is 4.79 Å². The normalized spacial score (nSPS) is 18.2. The molecule has 1 fully saturated rings. The molecule has 3 rings (SSSR count). The Labute approximate surface area is 134 Å². The van der Waals surface area contributed by atoms with Crippen LogP contribution in [-0.4, -0.2) is 47.8 Å². The zero-order valence-corrected chi connectivity index (χ0v) is 13.5. The summed E-state index contributed by atoms with van der Waals surface area (Å²) in [7, 11) is 1.59. The first-order valence-electron chi connectivity index (χ1n) is 7.53. The molecule has 0 unspecified atom stereocenters. The molecule has 2 heterocycles. The summed E-state index contributed by atoms with van der Waals surface area (Å²) in [5.41, 5.74) is 1.24. The Hall–Kier alpha value is -1.96. The number of nitrogens with one attached hydrogen (secondary N) is 1. The summed E-state index contributed by atoms with van der Waals surface area (Å²) in [6.45, 7) is 4.82. The average Bonchev–Trinajstić information content (AvgIpc) is 2.89. The molecule has 1 aromatic heterocycles. The molecule has 124 valence electrons. The maximum Gasteiger partial charge on any atom is 0.272 e. The van der Waals surface area contributed by atoms with Crippen LogP contribution < -0.4 is 5.32 Å². The van der Waals surface area contributed by atoms with E-state index in [1.165, 1.54) is 0 Å². The highest BCUT2D eigenvalue weighted by molar-refractivity contribution is 6.04. The van der Waals surface area contributed by atoms with E-state index in [4.69, 9.17) is 14.2 Å². The summed E-state index contributed by atoms with van der Waals surface area (Å²) in [5.74, 6) is -0.846. The van der Waals surface area contributed by atoms with Crippen LogP contribution in [0.4, 0.5) is 0 Å². The number of hydrogen-bond acceptors (Lipinski definition) is 5. The lowest BCUT2D eigenvalue weighted by atomic mass is 10.2. The second-order valence-electron chi connectivity index (χ2n) is 5.98. The summed E-state index contributed by atoms with van der Waals surface area (Å²) < 4.78 is 17.9. The topological polar surface area (TPSA) is 74.6 Å². The number of benzene rings is 1. The Bertz CT molecular complexity index is 700. The van der Waals surface area contributed by atoms with Crippen LogP contribution in [0.15, 0.2) is 24.3 Å². The van der Waals surface area contributed by atoms with Crippen LogP contribution >= 0.6 is 0 Å². The van der Waals surface area contributed by atoms with Crippen molar-refractivity contribution in [2.45, 2.75) is 32.4 Å². The van der Waals surface area contributed by atoms with Crippen molar-refractivity contribution in [3.63, 3.8) is 0 Å². The van der Waals surface area contributed by atoms with Gasteiger partial charge in [0.1, 0.15) is 6.73 Å². The largest absolute Gasteiger partial charge is 0.362 e. The van der Waals surface area contributed by atoms with E-state index in [9.17, 15) is 4.79 Å². The predicted octanol–water partition coefficient (Wildman–Crippen LogP) is 1.52. The quantitative estimate of drug-likeness (QED) is 0.925. The number of carbonyl (C=O) groups excluding carboxylic acids is 1.